The number of benzene rings is 1. The highest BCUT2D eigenvalue weighted by Gasteiger charge is 2.21. The molecule has 0 amide bonds. The van der Waals surface area contributed by atoms with Crippen LogP contribution in [0.1, 0.15) is 23.3 Å². The predicted molar refractivity (Wildman–Crippen MR) is 89.1 cm³/mol. The fraction of sp³-hybridized carbons (Fsp3) is 0.250. The van der Waals surface area contributed by atoms with Crippen LogP contribution in [-0.2, 0) is 12.8 Å². The van der Waals surface area contributed by atoms with Crippen molar-refractivity contribution in [2.24, 2.45) is 0 Å². The van der Waals surface area contributed by atoms with Crippen LogP contribution in [0.4, 0.5) is 4.39 Å². The van der Waals surface area contributed by atoms with Gasteiger partial charge in [-0.1, -0.05) is 6.07 Å². The second-order valence-corrected chi connectivity index (χ2v) is 6.91. The summed E-state index contributed by atoms with van der Waals surface area (Å²) in [5, 5.41) is 0.975. The van der Waals surface area contributed by atoms with Crippen molar-refractivity contribution in [3.05, 3.63) is 50.9 Å². The Kier molecular flexibility index (Phi) is 3.31. The van der Waals surface area contributed by atoms with Crippen LogP contribution in [0.25, 0.3) is 15.9 Å². The second kappa shape index (κ2) is 5.21. The summed E-state index contributed by atoms with van der Waals surface area (Å²) in [4.78, 5) is 19.4. The maximum Gasteiger partial charge on any atom is 0.267 e. The third-order valence-electron chi connectivity index (χ3n) is 4.04. The van der Waals surface area contributed by atoms with Crippen molar-refractivity contribution in [2.75, 3.05) is 0 Å². The highest BCUT2D eigenvalue weighted by molar-refractivity contribution is 7.80. The van der Waals surface area contributed by atoms with E-state index in [2.05, 4.69) is 17.6 Å². The summed E-state index contributed by atoms with van der Waals surface area (Å²) >= 11 is 5.93. The number of halogens is 1. The standard InChI is InChI=1S/C16H13FN2OS2/c17-9-4-3-5-10(8-9)19-15(20)13-11-6-1-2-7-12(11)22-14(13)18-16(19)21/h3-5,8H,1-2,6-7H2,(H,18,21). The van der Waals surface area contributed by atoms with Crippen LogP contribution in [0.3, 0.4) is 0 Å². The molecule has 4 rings (SSSR count). The Labute approximate surface area is 135 Å². The first kappa shape index (κ1) is 14.0. The molecule has 22 heavy (non-hydrogen) atoms. The molecule has 2 heterocycles. The summed E-state index contributed by atoms with van der Waals surface area (Å²) in [6.07, 6.45) is 4.19. The van der Waals surface area contributed by atoms with Crippen molar-refractivity contribution in [1.82, 2.24) is 9.55 Å². The molecule has 1 aromatic carbocycles. The third-order valence-corrected chi connectivity index (χ3v) is 5.52. The average molecular weight is 332 g/mol. The molecule has 3 nitrogen and oxygen atoms in total. The molecule has 0 spiro atoms. The number of thiophene rings is 1. The van der Waals surface area contributed by atoms with E-state index in [9.17, 15) is 9.18 Å². The third kappa shape index (κ3) is 2.09. The van der Waals surface area contributed by atoms with Crippen molar-refractivity contribution in [2.45, 2.75) is 30.8 Å². The number of hydrogen-bond acceptors (Lipinski definition) is 4. The Morgan fingerprint density at radius 2 is 2.09 bits per heavy atom. The lowest BCUT2D eigenvalue weighted by atomic mass is 9.97. The van der Waals surface area contributed by atoms with Crippen molar-refractivity contribution in [3.63, 3.8) is 0 Å². The van der Waals surface area contributed by atoms with Crippen LogP contribution in [0.15, 0.2) is 34.2 Å². The van der Waals surface area contributed by atoms with Gasteiger partial charge in [-0.25, -0.2) is 9.37 Å². The number of aryl methyl sites for hydroxylation is 2. The molecular weight excluding hydrogens is 319 g/mol. The van der Waals surface area contributed by atoms with Gasteiger partial charge in [0.25, 0.3) is 5.56 Å². The molecule has 0 aliphatic heterocycles. The van der Waals surface area contributed by atoms with Crippen LogP contribution < -0.4 is 5.56 Å². The molecule has 0 radical (unpaired) electrons. The van der Waals surface area contributed by atoms with Gasteiger partial charge in [0.05, 0.1) is 11.1 Å². The van der Waals surface area contributed by atoms with E-state index in [0.717, 1.165) is 36.1 Å². The first-order valence-corrected chi connectivity index (χ1v) is 8.44. The van der Waals surface area contributed by atoms with E-state index in [4.69, 9.17) is 0 Å². The van der Waals surface area contributed by atoms with Crippen LogP contribution in [0.5, 0.6) is 0 Å². The highest BCUT2D eigenvalue weighted by atomic mass is 32.1. The zero-order valence-corrected chi connectivity index (χ0v) is 13.4. The van der Waals surface area contributed by atoms with E-state index in [-0.39, 0.29) is 11.4 Å². The van der Waals surface area contributed by atoms with Gasteiger partial charge in [-0.3, -0.25) is 9.36 Å². The van der Waals surface area contributed by atoms with Gasteiger partial charge in [0.1, 0.15) is 10.6 Å². The Bertz CT molecular complexity index is 945. The Morgan fingerprint density at radius 1 is 1.27 bits per heavy atom. The minimum Gasteiger partial charge on any atom is -0.268 e. The monoisotopic (exact) mass is 332 g/mol. The molecule has 3 aromatic rings. The molecule has 112 valence electrons. The smallest absolute Gasteiger partial charge is 0.267 e. The lowest BCUT2D eigenvalue weighted by molar-refractivity contribution is 0.625. The van der Waals surface area contributed by atoms with Crippen LogP contribution in [-0.4, -0.2) is 9.55 Å². The summed E-state index contributed by atoms with van der Waals surface area (Å²) < 4.78 is 14.9. The van der Waals surface area contributed by atoms with Crippen LogP contribution in [0, 0.1) is 5.82 Å². The number of fused-ring (bicyclic) bond motifs is 3. The predicted octanol–water partition coefficient (Wildman–Crippen LogP) is 3.75. The normalized spacial score (nSPS) is 14.3. The van der Waals surface area contributed by atoms with Crippen molar-refractivity contribution >= 4 is 34.2 Å². The van der Waals surface area contributed by atoms with Gasteiger partial charge in [0.2, 0.25) is 0 Å². The topological polar surface area (TPSA) is 34.9 Å². The molecule has 0 fully saturated rings. The number of rotatable bonds is 1. The molecule has 2 aromatic heterocycles. The van der Waals surface area contributed by atoms with Gasteiger partial charge in [0.15, 0.2) is 5.16 Å². The Morgan fingerprint density at radius 3 is 2.91 bits per heavy atom. The molecule has 0 unspecified atom stereocenters. The molecule has 6 heteroatoms. The Balaban J connectivity index is 2.06. The first-order valence-electron chi connectivity index (χ1n) is 7.17. The van der Waals surface area contributed by atoms with E-state index in [1.54, 1.807) is 23.5 Å². The molecule has 1 aliphatic carbocycles. The SMILES string of the molecule is O=c1c2c3c(sc2nc(S)n1-c1cccc(F)c1)CCCC3. The summed E-state index contributed by atoms with van der Waals surface area (Å²) in [6, 6.07) is 5.95. The van der Waals surface area contributed by atoms with Gasteiger partial charge < -0.3 is 0 Å². The largest absolute Gasteiger partial charge is 0.268 e. The number of nitrogens with zero attached hydrogens (tertiary/aromatic N) is 2. The number of thiol groups is 1. The second-order valence-electron chi connectivity index (χ2n) is 5.42. The van der Waals surface area contributed by atoms with Crippen molar-refractivity contribution in [1.29, 1.82) is 0 Å². The van der Waals surface area contributed by atoms with Crippen molar-refractivity contribution in [3.8, 4) is 5.69 Å². The van der Waals surface area contributed by atoms with Crippen molar-refractivity contribution < 1.29 is 4.39 Å². The molecule has 1 aliphatic rings. The summed E-state index contributed by atoms with van der Waals surface area (Å²) in [5.74, 6) is -0.385. The average Bonchev–Trinajstić information content (AvgIpc) is 2.85. The molecule has 0 saturated carbocycles. The first-order chi connectivity index (χ1) is 10.6. The van der Waals surface area contributed by atoms with Gasteiger partial charge in [-0.15, -0.1) is 24.0 Å². The lowest BCUT2D eigenvalue weighted by Gasteiger charge is -2.11. The summed E-state index contributed by atoms with van der Waals surface area (Å²) in [5.41, 5.74) is 1.43. The lowest BCUT2D eigenvalue weighted by Crippen LogP contribution is -2.21. The zero-order chi connectivity index (χ0) is 15.3. The fourth-order valence-electron chi connectivity index (χ4n) is 3.04. The molecule has 0 saturated heterocycles. The molecular formula is C16H13FN2OS2. The minimum absolute atomic E-state index is 0.153. The zero-order valence-electron chi connectivity index (χ0n) is 11.7. The quantitative estimate of drug-likeness (QED) is 0.544. The van der Waals surface area contributed by atoms with E-state index in [1.165, 1.54) is 21.6 Å². The summed E-state index contributed by atoms with van der Waals surface area (Å²) in [7, 11) is 0. The van der Waals surface area contributed by atoms with Gasteiger partial charge in [-0.05, 0) is 49.4 Å². The van der Waals surface area contributed by atoms with E-state index < -0.39 is 0 Å². The molecule has 0 bridgehead atoms. The van der Waals surface area contributed by atoms with Crippen LogP contribution >= 0.6 is 24.0 Å². The summed E-state index contributed by atoms with van der Waals surface area (Å²) in [6.45, 7) is 0. The number of hydrogen-bond donors (Lipinski definition) is 1. The van der Waals surface area contributed by atoms with Crippen LogP contribution in [0.2, 0.25) is 0 Å². The Hall–Kier alpha value is -1.66. The van der Waals surface area contributed by atoms with E-state index in [0.29, 0.717) is 16.2 Å². The minimum atomic E-state index is -0.385. The molecule has 0 N–H and O–H groups in total. The maximum absolute atomic E-state index is 13.5. The van der Waals surface area contributed by atoms with Gasteiger partial charge >= 0.3 is 0 Å². The van der Waals surface area contributed by atoms with Gasteiger partial charge in [0, 0.05) is 4.88 Å². The van der Waals surface area contributed by atoms with Gasteiger partial charge in [-0.2, -0.15) is 0 Å². The van der Waals surface area contributed by atoms with E-state index >= 15 is 0 Å². The number of aromatic nitrogens is 2. The highest BCUT2D eigenvalue weighted by Crippen LogP contribution is 2.34. The maximum atomic E-state index is 13.5. The van der Waals surface area contributed by atoms with E-state index in [1.807, 2.05) is 0 Å². The fourth-order valence-corrected chi connectivity index (χ4v) is 4.67. The molecule has 0 atom stereocenters.